The standard InChI is InChI=1S/C15H22N4/c1-4-14-9-15(19(5-2)18-14)11-17-12(3)13-7-6-8-16-10-13/h6-10,12,17H,4-5,11H2,1-3H3. The van der Waals surface area contributed by atoms with Gasteiger partial charge < -0.3 is 5.32 Å². The van der Waals surface area contributed by atoms with Gasteiger partial charge in [-0.1, -0.05) is 13.0 Å². The molecule has 0 fully saturated rings. The second kappa shape index (κ2) is 6.48. The average Bonchev–Trinajstić information content (AvgIpc) is 2.88. The molecule has 0 bridgehead atoms. The van der Waals surface area contributed by atoms with Crippen LogP contribution in [-0.2, 0) is 19.5 Å². The van der Waals surface area contributed by atoms with E-state index >= 15 is 0 Å². The summed E-state index contributed by atoms with van der Waals surface area (Å²) in [7, 11) is 0. The van der Waals surface area contributed by atoms with Crippen LogP contribution in [0.15, 0.2) is 30.6 Å². The Hall–Kier alpha value is -1.68. The van der Waals surface area contributed by atoms with Crippen LogP contribution >= 0.6 is 0 Å². The molecule has 1 N–H and O–H groups in total. The highest BCUT2D eigenvalue weighted by Crippen LogP contribution is 2.12. The largest absolute Gasteiger partial charge is 0.305 e. The second-order valence-corrected chi connectivity index (χ2v) is 4.69. The summed E-state index contributed by atoms with van der Waals surface area (Å²) in [5.74, 6) is 0. The second-order valence-electron chi connectivity index (χ2n) is 4.69. The van der Waals surface area contributed by atoms with Crippen molar-refractivity contribution >= 4 is 0 Å². The third kappa shape index (κ3) is 3.41. The van der Waals surface area contributed by atoms with Gasteiger partial charge in [-0.2, -0.15) is 5.10 Å². The molecule has 4 nitrogen and oxygen atoms in total. The van der Waals surface area contributed by atoms with E-state index in [1.807, 2.05) is 12.3 Å². The zero-order chi connectivity index (χ0) is 13.7. The van der Waals surface area contributed by atoms with Crippen molar-refractivity contribution in [3.05, 3.63) is 47.5 Å². The van der Waals surface area contributed by atoms with Gasteiger partial charge in [0.05, 0.1) is 11.4 Å². The molecule has 4 heteroatoms. The Labute approximate surface area is 114 Å². The van der Waals surface area contributed by atoms with Crippen LogP contribution in [0.4, 0.5) is 0 Å². The molecule has 0 aliphatic carbocycles. The number of aromatic nitrogens is 3. The minimum Gasteiger partial charge on any atom is -0.305 e. The van der Waals surface area contributed by atoms with Crippen molar-refractivity contribution in [2.45, 2.75) is 46.3 Å². The Balaban J connectivity index is 2.00. The normalized spacial score (nSPS) is 12.6. The van der Waals surface area contributed by atoms with E-state index < -0.39 is 0 Å². The van der Waals surface area contributed by atoms with E-state index in [2.05, 4.69) is 53.0 Å². The van der Waals surface area contributed by atoms with Crippen molar-refractivity contribution in [3.63, 3.8) is 0 Å². The fourth-order valence-electron chi connectivity index (χ4n) is 2.11. The van der Waals surface area contributed by atoms with Crippen molar-refractivity contribution in [2.24, 2.45) is 0 Å². The van der Waals surface area contributed by atoms with Gasteiger partial charge in [-0.25, -0.2) is 0 Å². The number of hydrogen-bond acceptors (Lipinski definition) is 3. The highest BCUT2D eigenvalue weighted by Gasteiger charge is 2.08. The number of nitrogens with zero attached hydrogens (tertiary/aromatic N) is 3. The van der Waals surface area contributed by atoms with E-state index in [0.717, 1.165) is 25.2 Å². The van der Waals surface area contributed by atoms with Crippen LogP contribution in [0.3, 0.4) is 0 Å². The maximum Gasteiger partial charge on any atom is 0.0625 e. The van der Waals surface area contributed by atoms with Crippen LogP contribution in [0.2, 0.25) is 0 Å². The molecule has 0 aliphatic heterocycles. The zero-order valence-corrected chi connectivity index (χ0v) is 11.9. The Kier molecular flexibility index (Phi) is 4.68. The topological polar surface area (TPSA) is 42.7 Å². The van der Waals surface area contributed by atoms with Gasteiger partial charge in [-0.3, -0.25) is 9.67 Å². The summed E-state index contributed by atoms with van der Waals surface area (Å²) in [6, 6.07) is 6.55. The van der Waals surface area contributed by atoms with Crippen molar-refractivity contribution in [3.8, 4) is 0 Å². The fourth-order valence-corrected chi connectivity index (χ4v) is 2.11. The molecule has 2 aromatic heterocycles. The first-order valence-corrected chi connectivity index (χ1v) is 6.93. The minimum absolute atomic E-state index is 0.291. The Morgan fingerprint density at radius 3 is 2.84 bits per heavy atom. The predicted molar refractivity (Wildman–Crippen MR) is 76.8 cm³/mol. The lowest BCUT2D eigenvalue weighted by Gasteiger charge is -2.14. The Bertz CT molecular complexity index is 504. The van der Waals surface area contributed by atoms with E-state index in [9.17, 15) is 0 Å². The lowest BCUT2D eigenvalue weighted by atomic mass is 10.1. The van der Waals surface area contributed by atoms with Crippen LogP contribution in [-0.4, -0.2) is 14.8 Å². The third-order valence-corrected chi connectivity index (χ3v) is 3.35. The highest BCUT2D eigenvalue weighted by atomic mass is 15.3. The molecular formula is C15H22N4. The van der Waals surface area contributed by atoms with E-state index in [0.29, 0.717) is 6.04 Å². The number of pyridine rings is 1. The maximum atomic E-state index is 4.56. The van der Waals surface area contributed by atoms with Gasteiger partial charge in [-0.15, -0.1) is 0 Å². The molecule has 0 aliphatic rings. The van der Waals surface area contributed by atoms with Gasteiger partial charge in [0.25, 0.3) is 0 Å². The van der Waals surface area contributed by atoms with E-state index in [1.54, 1.807) is 6.20 Å². The summed E-state index contributed by atoms with van der Waals surface area (Å²) in [5.41, 5.74) is 3.61. The first-order valence-electron chi connectivity index (χ1n) is 6.93. The van der Waals surface area contributed by atoms with Crippen molar-refractivity contribution in [1.82, 2.24) is 20.1 Å². The maximum absolute atomic E-state index is 4.56. The molecule has 0 saturated carbocycles. The number of aryl methyl sites for hydroxylation is 2. The predicted octanol–water partition coefficient (Wildman–Crippen LogP) is 2.71. The van der Waals surface area contributed by atoms with Gasteiger partial charge in [0.15, 0.2) is 0 Å². The molecule has 19 heavy (non-hydrogen) atoms. The number of hydrogen-bond donors (Lipinski definition) is 1. The molecule has 2 heterocycles. The van der Waals surface area contributed by atoms with Crippen molar-refractivity contribution in [1.29, 1.82) is 0 Å². The number of rotatable bonds is 6. The molecule has 0 radical (unpaired) electrons. The molecule has 102 valence electrons. The van der Waals surface area contributed by atoms with E-state index in [-0.39, 0.29) is 0 Å². The lowest BCUT2D eigenvalue weighted by Crippen LogP contribution is -2.20. The molecular weight excluding hydrogens is 236 g/mol. The van der Waals surface area contributed by atoms with Gasteiger partial charge in [-0.05, 0) is 38.0 Å². The SMILES string of the molecule is CCc1cc(CNC(C)c2cccnc2)n(CC)n1. The summed E-state index contributed by atoms with van der Waals surface area (Å²) in [4.78, 5) is 4.15. The molecule has 2 aromatic rings. The van der Waals surface area contributed by atoms with Gasteiger partial charge in [0, 0.05) is 31.5 Å². The van der Waals surface area contributed by atoms with E-state index in [1.165, 1.54) is 11.3 Å². The molecule has 0 spiro atoms. The van der Waals surface area contributed by atoms with Gasteiger partial charge in [0.2, 0.25) is 0 Å². The van der Waals surface area contributed by atoms with Crippen LogP contribution < -0.4 is 5.32 Å². The molecule has 0 aromatic carbocycles. The van der Waals surface area contributed by atoms with Crippen LogP contribution in [0.25, 0.3) is 0 Å². The van der Waals surface area contributed by atoms with Gasteiger partial charge >= 0.3 is 0 Å². The summed E-state index contributed by atoms with van der Waals surface area (Å²) >= 11 is 0. The highest BCUT2D eigenvalue weighted by molar-refractivity contribution is 5.14. The molecule has 2 rings (SSSR count). The molecule has 0 saturated heterocycles. The fraction of sp³-hybridized carbons (Fsp3) is 0.467. The number of nitrogens with one attached hydrogen (secondary N) is 1. The molecule has 0 amide bonds. The van der Waals surface area contributed by atoms with Crippen LogP contribution in [0, 0.1) is 0 Å². The molecule has 1 atom stereocenters. The quantitative estimate of drug-likeness (QED) is 0.866. The first kappa shape index (κ1) is 13.7. The Morgan fingerprint density at radius 1 is 1.37 bits per heavy atom. The third-order valence-electron chi connectivity index (χ3n) is 3.35. The van der Waals surface area contributed by atoms with Crippen molar-refractivity contribution < 1.29 is 0 Å². The molecule has 1 unspecified atom stereocenters. The van der Waals surface area contributed by atoms with Crippen LogP contribution in [0.1, 0.15) is 43.8 Å². The van der Waals surface area contributed by atoms with Crippen LogP contribution in [0.5, 0.6) is 0 Å². The monoisotopic (exact) mass is 258 g/mol. The first-order chi connectivity index (χ1) is 9.24. The zero-order valence-electron chi connectivity index (χ0n) is 11.9. The minimum atomic E-state index is 0.291. The Morgan fingerprint density at radius 2 is 2.21 bits per heavy atom. The smallest absolute Gasteiger partial charge is 0.0625 e. The average molecular weight is 258 g/mol. The van der Waals surface area contributed by atoms with Gasteiger partial charge in [0.1, 0.15) is 0 Å². The summed E-state index contributed by atoms with van der Waals surface area (Å²) in [5, 5.41) is 8.09. The lowest BCUT2D eigenvalue weighted by molar-refractivity contribution is 0.529. The summed E-state index contributed by atoms with van der Waals surface area (Å²) in [6.07, 6.45) is 4.69. The summed E-state index contributed by atoms with van der Waals surface area (Å²) < 4.78 is 2.07. The van der Waals surface area contributed by atoms with E-state index in [4.69, 9.17) is 0 Å². The summed E-state index contributed by atoms with van der Waals surface area (Å²) in [6.45, 7) is 8.16. The van der Waals surface area contributed by atoms with Crippen molar-refractivity contribution in [2.75, 3.05) is 0 Å².